The molecular formula is C11H23NO3SSi. The molecule has 0 spiro atoms. The molecule has 0 aromatic heterocycles. The molecule has 1 heterocycles. The smallest absolute Gasteiger partial charge is 0.334 e. The second-order valence-corrected chi connectivity index (χ2v) is 8.69. The van der Waals surface area contributed by atoms with E-state index in [1.54, 1.807) is 14.2 Å². The van der Waals surface area contributed by atoms with Crippen molar-refractivity contribution in [2.24, 2.45) is 5.92 Å². The number of hydrogen-bond acceptors (Lipinski definition) is 4. The summed E-state index contributed by atoms with van der Waals surface area (Å²) >= 11 is 4.25. The molecule has 4 nitrogen and oxygen atoms in total. The molecule has 0 aromatic rings. The van der Waals surface area contributed by atoms with Gasteiger partial charge in [0.25, 0.3) is 0 Å². The number of hydrogen-bond donors (Lipinski definition) is 1. The molecule has 1 aliphatic heterocycles. The number of likely N-dealkylation sites (tertiary alicyclic amines) is 1. The summed E-state index contributed by atoms with van der Waals surface area (Å²) < 4.78 is 10.8. The number of thiol groups is 1. The summed E-state index contributed by atoms with van der Waals surface area (Å²) in [5.74, 6) is 1.49. The van der Waals surface area contributed by atoms with E-state index in [2.05, 4.69) is 19.2 Å². The lowest BCUT2D eigenvalue weighted by atomic mass is 10.1. The van der Waals surface area contributed by atoms with Crippen LogP contribution in [-0.2, 0) is 13.6 Å². The Labute approximate surface area is 110 Å². The van der Waals surface area contributed by atoms with Gasteiger partial charge in [0.15, 0.2) is 0 Å². The van der Waals surface area contributed by atoms with Gasteiger partial charge in [-0.1, -0.05) is 0 Å². The molecule has 1 aliphatic rings. The Morgan fingerprint density at radius 1 is 1.47 bits per heavy atom. The predicted octanol–water partition coefficient (Wildman–Crippen LogP) is 1.52. The molecule has 0 N–H and O–H groups in total. The summed E-state index contributed by atoms with van der Waals surface area (Å²) in [5, 5.41) is 0. The Hall–Kier alpha value is -0.0431. The molecule has 1 atom stereocenters. The van der Waals surface area contributed by atoms with Crippen molar-refractivity contribution >= 4 is 27.1 Å². The molecule has 0 aromatic carbocycles. The Kier molecular flexibility index (Phi) is 5.98. The highest BCUT2D eigenvalue weighted by molar-refractivity contribution is 7.80. The summed E-state index contributed by atoms with van der Waals surface area (Å²) in [6.45, 7) is 3.73. The van der Waals surface area contributed by atoms with Gasteiger partial charge in [0, 0.05) is 33.7 Å². The van der Waals surface area contributed by atoms with Crippen molar-refractivity contribution < 1.29 is 13.6 Å². The van der Waals surface area contributed by atoms with Crippen LogP contribution >= 0.6 is 12.6 Å². The summed E-state index contributed by atoms with van der Waals surface area (Å²) in [7, 11) is 1.43. The molecule has 0 aliphatic carbocycles. The number of nitrogens with zero attached hydrogens (tertiary/aromatic N) is 1. The highest BCUT2D eigenvalue weighted by atomic mass is 32.1. The summed E-state index contributed by atoms with van der Waals surface area (Å²) in [5.41, 5.74) is 0. The maximum atomic E-state index is 11.7. The fourth-order valence-corrected chi connectivity index (χ4v) is 3.69. The van der Waals surface area contributed by atoms with Gasteiger partial charge >= 0.3 is 8.56 Å². The van der Waals surface area contributed by atoms with Gasteiger partial charge in [-0.2, -0.15) is 12.6 Å². The lowest BCUT2D eigenvalue weighted by Gasteiger charge is -2.24. The molecule has 6 heteroatoms. The normalized spacial score (nSPS) is 21.3. The van der Waals surface area contributed by atoms with Crippen LogP contribution in [-0.4, -0.2) is 52.4 Å². The highest BCUT2D eigenvalue weighted by Crippen LogP contribution is 2.20. The Balaban J connectivity index is 2.30. The lowest BCUT2D eigenvalue weighted by Crippen LogP contribution is -2.37. The van der Waals surface area contributed by atoms with Crippen LogP contribution in [0.4, 0.5) is 0 Å². The van der Waals surface area contributed by atoms with Crippen molar-refractivity contribution in [1.29, 1.82) is 0 Å². The number of carbonyl (C=O) groups excluding carboxylic acids is 1. The fraction of sp³-hybridized carbons (Fsp3) is 0.909. The fourth-order valence-electron chi connectivity index (χ4n) is 2.07. The van der Waals surface area contributed by atoms with Crippen molar-refractivity contribution in [1.82, 2.24) is 4.90 Å². The second-order valence-electron chi connectivity index (χ2n) is 4.74. The largest absolute Gasteiger partial charge is 0.398 e. The maximum absolute atomic E-state index is 11.7. The van der Waals surface area contributed by atoms with E-state index in [-0.39, 0.29) is 5.91 Å². The van der Waals surface area contributed by atoms with Crippen LogP contribution in [0.3, 0.4) is 0 Å². The molecule has 1 unspecified atom stereocenters. The van der Waals surface area contributed by atoms with Gasteiger partial charge < -0.3 is 13.8 Å². The van der Waals surface area contributed by atoms with Gasteiger partial charge in [0.05, 0.1) is 0 Å². The monoisotopic (exact) mass is 277 g/mol. The van der Waals surface area contributed by atoms with Gasteiger partial charge in [-0.25, -0.2) is 0 Å². The topological polar surface area (TPSA) is 38.8 Å². The van der Waals surface area contributed by atoms with Gasteiger partial charge in [0.2, 0.25) is 5.91 Å². The first kappa shape index (κ1) is 15.0. The van der Waals surface area contributed by atoms with E-state index in [1.807, 2.05) is 4.90 Å². The van der Waals surface area contributed by atoms with Crippen LogP contribution in [0.1, 0.15) is 12.8 Å². The second kappa shape index (κ2) is 6.77. The minimum Gasteiger partial charge on any atom is -0.398 e. The highest BCUT2D eigenvalue weighted by Gasteiger charge is 2.31. The lowest BCUT2D eigenvalue weighted by molar-refractivity contribution is -0.127. The van der Waals surface area contributed by atoms with E-state index in [1.165, 1.54) is 0 Å². The Morgan fingerprint density at radius 2 is 2.12 bits per heavy atom. The Bertz CT molecular complexity index is 261. The average Bonchev–Trinajstić information content (AvgIpc) is 2.70. The van der Waals surface area contributed by atoms with Crippen molar-refractivity contribution in [3.8, 4) is 0 Å². The SMILES string of the molecule is CO[Si](C)(CCCN1CC(CS)CC1=O)OC. The standard InChI is InChI=1S/C11H23NO3SSi/c1-14-17(3,15-2)6-4-5-12-8-10(9-16)7-11(12)13/h10,16H,4-9H2,1-3H3. The van der Waals surface area contributed by atoms with Gasteiger partial charge in [-0.15, -0.1) is 0 Å². The zero-order chi connectivity index (χ0) is 12.9. The van der Waals surface area contributed by atoms with E-state index >= 15 is 0 Å². The predicted molar refractivity (Wildman–Crippen MR) is 73.6 cm³/mol. The minimum absolute atomic E-state index is 0.266. The van der Waals surface area contributed by atoms with Crippen molar-refractivity contribution in [3.63, 3.8) is 0 Å². The van der Waals surface area contributed by atoms with Crippen LogP contribution in [0, 0.1) is 5.92 Å². The first-order valence-electron chi connectivity index (χ1n) is 6.03. The quantitative estimate of drug-likeness (QED) is 0.566. The van der Waals surface area contributed by atoms with Gasteiger partial charge in [0.1, 0.15) is 0 Å². The zero-order valence-corrected chi connectivity index (χ0v) is 12.8. The Morgan fingerprint density at radius 3 is 2.59 bits per heavy atom. The molecule has 0 radical (unpaired) electrons. The van der Waals surface area contributed by atoms with Gasteiger partial charge in [-0.3, -0.25) is 4.79 Å². The average molecular weight is 277 g/mol. The van der Waals surface area contributed by atoms with E-state index in [4.69, 9.17) is 8.85 Å². The van der Waals surface area contributed by atoms with Crippen LogP contribution < -0.4 is 0 Å². The minimum atomic E-state index is -1.97. The molecule has 1 saturated heterocycles. The molecule has 100 valence electrons. The van der Waals surface area contributed by atoms with Crippen molar-refractivity contribution in [2.45, 2.75) is 25.4 Å². The third kappa shape index (κ3) is 4.28. The first-order valence-corrected chi connectivity index (χ1v) is 9.19. The van der Waals surface area contributed by atoms with Crippen LogP contribution in [0.15, 0.2) is 0 Å². The summed E-state index contributed by atoms with van der Waals surface area (Å²) in [4.78, 5) is 13.6. The molecule has 1 fully saturated rings. The molecule has 17 heavy (non-hydrogen) atoms. The molecule has 1 rings (SSSR count). The summed E-state index contributed by atoms with van der Waals surface area (Å²) in [6.07, 6.45) is 1.61. The van der Waals surface area contributed by atoms with E-state index in [0.717, 1.165) is 31.3 Å². The zero-order valence-electron chi connectivity index (χ0n) is 10.9. The maximum Gasteiger partial charge on any atom is 0.334 e. The van der Waals surface area contributed by atoms with Gasteiger partial charge in [-0.05, 0) is 30.7 Å². The number of rotatable bonds is 7. The van der Waals surface area contributed by atoms with Crippen molar-refractivity contribution in [2.75, 3.05) is 33.1 Å². The van der Waals surface area contributed by atoms with Crippen LogP contribution in [0.2, 0.25) is 12.6 Å². The van der Waals surface area contributed by atoms with E-state index in [0.29, 0.717) is 12.3 Å². The third-order valence-electron chi connectivity index (χ3n) is 3.48. The van der Waals surface area contributed by atoms with Crippen molar-refractivity contribution in [3.05, 3.63) is 0 Å². The van der Waals surface area contributed by atoms with E-state index in [9.17, 15) is 4.79 Å². The van der Waals surface area contributed by atoms with Crippen LogP contribution in [0.25, 0.3) is 0 Å². The summed E-state index contributed by atoms with van der Waals surface area (Å²) in [6, 6.07) is 0.926. The first-order chi connectivity index (χ1) is 8.04. The molecule has 1 amide bonds. The molecule has 0 saturated carbocycles. The third-order valence-corrected chi connectivity index (χ3v) is 6.98. The number of amides is 1. The van der Waals surface area contributed by atoms with E-state index < -0.39 is 8.56 Å². The molecular weight excluding hydrogens is 254 g/mol. The number of carbonyl (C=O) groups is 1. The van der Waals surface area contributed by atoms with Crippen LogP contribution in [0.5, 0.6) is 0 Å². The molecule has 0 bridgehead atoms.